The molecule has 2 rings (SSSR count). The van der Waals surface area contributed by atoms with Gasteiger partial charge in [0, 0.05) is 24.4 Å². The van der Waals surface area contributed by atoms with Gasteiger partial charge in [-0.15, -0.1) is 0 Å². The number of benzene rings is 2. The van der Waals surface area contributed by atoms with Gasteiger partial charge in [-0.05, 0) is 36.4 Å². The molecular weight excluding hydrogens is 352 g/mol. The minimum absolute atomic E-state index is 0.187. The summed E-state index contributed by atoms with van der Waals surface area (Å²) in [6.45, 7) is 0.952. The maximum atomic E-state index is 12.1. The van der Waals surface area contributed by atoms with E-state index in [0.717, 1.165) is 0 Å². The first kappa shape index (κ1) is 19.8. The fourth-order valence-corrected chi connectivity index (χ4v) is 2.18. The zero-order valence-electron chi connectivity index (χ0n) is 15.2. The molecule has 0 unspecified atom stereocenters. The predicted octanol–water partition coefficient (Wildman–Crippen LogP) is 2.46. The van der Waals surface area contributed by atoms with Crippen molar-refractivity contribution in [1.29, 1.82) is 0 Å². The van der Waals surface area contributed by atoms with Crippen LogP contribution >= 0.6 is 0 Å². The van der Waals surface area contributed by atoms with E-state index in [1.165, 1.54) is 33.3 Å². The Kier molecular flexibility index (Phi) is 6.76. The summed E-state index contributed by atoms with van der Waals surface area (Å²) in [5.41, 5.74) is 1.32. The van der Waals surface area contributed by atoms with E-state index in [9.17, 15) is 14.4 Å². The highest BCUT2D eigenvalue weighted by molar-refractivity contribution is 5.96. The van der Waals surface area contributed by atoms with E-state index >= 15 is 0 Å². The second-order valence-electron chi connectivity index (χ2n) is 5.48. The highest BCUT2D eigenvalue weighted by Gasteiger charge is 2.13. The van der Waals surface area contributed by atoms with Crippen molar-refractivity contribution in [2.45, 2.75) is 6.92 Å². The Labute approximate surface area is 156 Å². The number of hydrogen-bond donors (Lipinski definition) is 2. The molecule has 27 heavy (non-hydrogen) atoms. The Bertz CT molecular complexity index is 810. The Morgan fingerprint density at radius 2 is 1.37 bits per heavy atom. The van der Waals surface area contributed by atoms with Crippen molar-refractivity contribution in [3.8, 4) is 11.5 Å². The molecule has 0 saturated carbocycles. The van der Waals surface area contributed by atoms with Crippen LogP contribution in [0.1, 0.15) is 17.3 Å². The summed E-state index contributed by atoms with van der Waals surface area (Å²) in [5.74, 6) is -0.489. The summed E-state index contributed by atoms with van der Waals surface area (Å²) in [7, 11) is 2.93. The fourth-order valence-electron chi connectivity index (χ4n) is 2.18. The second kappa shape index (κ2) is 9.23. The number of ether oxygens (including phenoxy) is 3. The van der Waals surface area contributed by atoms with Crippen LogP contribution < -0.4 is 20.1 Å². The number of esters is 1. The lowest BCUT2D eigenvalue weighted by Crippen LogP contribution is -2.21. The van der Waals surface area contributed by atoms with Gasteiger partial charge in [-0.2, -0.15) is 0 Å². The van der Waals surface area contributed by atoms with Crippen molar-refractivity contribution in [1.82, 2.24) is 0 Å². The molecule has 0 fully saturated rings. The van der Waals surface area contributed by atoms with Crippen molar-refractivity contribution in [2.75, 3.05) is 31.5 Å². The van der Waals surface area contributed by atoms with Crippen LogP contribution in [0.3, 0.4) is 0 Å². The van der Waals surface area contributed by atoms with Gasteiger partial charge in [0.1, 0.15) is 11.5 Å². The Balaban J connectivity index is 1.91. The first-order valence-electron chi connectivity index (χ1n) is 7.99. The van der Waals surface area contributed by atoms with E-state index in [1.54, 1.807) is 30.3 Å². The maximum absolute atomic E-state index is 12.1. The molecule has 0 atom stereocenters. The van der Waals surface area contributed by atoms with Gasteiger partial charge >= 0.3 is 5.97 Å². The third-order valence-corrected chi connectivity index (χ3v) is 3.41. The van der Waals surface area contributed by atoms with Gasteiger partial charge in [-0.1, -0.05) is 0 Å². The summed E-state index contributed by atoms with van der Waals surface area (Å²) < 4.78 is 15.2. The second-order valence-corrected chi connectivity index (χ2v) is 5.48. The van der Waals surface area contributed by atoms with Gasteiger partial charge in [0.05, 0.1) is 19.8 Å². The van der Waals surface area contributed by atoms with Crippen LogP contribution in [0, 0.1) is 0 Å². The number of carbonyl (C=O) groups is 3. The number of carbonyl (C=O) groups excluding carboxylic acids is 3. The van der Waals surface area contributed by atoms with Gasteiger partial charge < -0.3 is 24.8 Å². The predicted molar refractivity (Wildman–Crippen MR) is 99.2 cm³/mol. The minimum Gasteiger partial charge on any atom is -0.497 e. The fraction of sp³-hybridized carbons (Fsp3) is 0.211. The summed E-state index contributed by atoms with van der Waals surface area (Å²) >= 11 is 0. The minimum atomic E-state index is -0.677. The number of rotatable bonds is 7. The molecule has 0 aliphatic rings. The highest BCUT2D eigenvalue weighted by atomic mass is 16.5. The Hall–Kier alpha value is -3.55. The van der Waals surface area contributed by atoms with E-state index in [2.05, 4.69) is 10.6 Å². The van der Waals surface area contributed by atoms with Crippen LogP contribution in [0.15, 0.2) is 42.5 Å². The number of methoxy groups -OCH3 is 2. The van der Waals surface area contributed by atoms with Gasteiger partial charge in [0.25, 0.3) is 5.91 Å². The zero-order chi connectivity index (χ0) is 19.8. The molecule has 8 nitrogen and oxygen atoms in total. The number of anilines is 2. The van der Waals surface area contributed by atoms with Gasteiger partial charge in [-0.3, -0.25) is 9.59 Å². The van der Waals surface area contributed by atoms with Gasteiger partial charge in [-0.25, -0.2) is 4.79 Å². The Morgan fingerprint density at radius 3 is 1.85 bits per heavy atom. The van der Waals surface area contributed by atoms with E-state index < -0.39 is 18.5 Å². The molecule has 0 spiro atoms. The smallest absolute Gasteiger partial charge is 0.338 e. The zero-order valence-corrected chi connectivity index (χ0v) is 15.2. The number of nitrogens with one attached hydrogen (secondary N) is 2. The summed E-state index contributed by atoms with van der Waals surface area (Å²) in [5, 5.41) is 5.22. The highest BCUT2D eigenvalue weighted by Crippen LogP contribution is 2.23. The lowest BCUT2D eigenvalue weighted by molar-refractivity contribution is -0.119. The van der Waals surface area contributed by atoms with E-state index in [-0.39, 0.29) is 11.5 Å². The summed E-state index contributed by atoms with van der Waals surface area (Å²) in [6.07, 6.45) is 0. The maximum Gasteiger partial charge on any atom is 0.338 e. The lowest BCUT2D eigenvalue weighted by Gasteiger charge is -2.09. The first-order valence-corrected chi connectivity index (χ1v) is 7.99. The quantitative estimate of drug-likeness (QED) is 0.724. The first-order chi connectivity index (χ1) is 12.9. The van der Waals surface area contributed by atoms with Crippen molar-refractivity contribution < 1.29 is 28.6 Å². The van der Waals surface area contributed by atoms with Crippen molar-refractivity contribution in [2.24, 2.45) is 0 Å². The van der Waals surface area contributed by atoms with E-state index in [4.69, 9.17) is 14.2 Å². The molecule has 2 amide bonds. The van der Waals surface area contributed by atoms with Crippen LogP contribution in [0.25, 0.3) is 0 Å². The molecule has 142 valence electrons. The molecule has 8 heteroatoms. The molecule has 0 heterocycles. The van der Waals surface area contributed by atoms with Crippen molar-refractivity contribution in [3.05, 3.63) is 48.0 Å². The van der Waals surface area contributed by atoms with Crippen LogP contribution in [-0.4, -0.2) is 38.6 Å². The molecule has 0 radical (unpaired) electrons. The topological polar surface area (TPSA) is 103 Å². The molecular formula is C19H20N2O6. The number of hydrogen-bond acceptors (Lipinski definition) is 6. The molecule has 2 aromatic carbocycles. The normalized spacial score (nSPS) is 9.89. The SMILES string of the molecule is COc1cc(OC)cc(C(=O)OCC(=O)Nc2ccc(NC(C)=O)cc2)c1. The monoisotopic (exact) mass is 372 g/mol. The molecule has 2 aromatic rings. The van der Waals surface area contributed by atoms with Crippen LogP contribution in [0.2, 0.25) is 0 Å². The largest absolute Gasteiger partial charge is 0.497 e. The van der Waals surface area contributed by atoms with E-state index in [0.29, 0.717) is 22.9 Å². The standard InChI is InChI=1S/C19H20N2O6/c1-12(22)20-14-4-6-15(7-5-14)21-18(23)11-27-19(24)13-8-16(25-2)10-17(9-13)26-3/h4-10H,11H2,1-3H3,(H,20,22)(H,21,23). The van der Waals surface area contributed by atoms with Crippen LogP contribution in [0.4, 0.5) is 11.4 Å². The van der Waals surface area contributed by atoms with Crippen molar-refractivity contribution >= 4 is 29.2 Å². The lowest BCUT2D eigenvalue weighted by atomic mass is 10.2. The molecule has 0 aromatic heterocycles. The van der Waals surface area contributed by atoms with E-state index in [1.807, 2.05) is 0 Å². The molecule has 0 aliphatic heterocycles. The number of amides is 2. The molecule has 0 saturated heterocycles. The van der Waals surface area contributed by atoms with Crippen LogP contribution in [-0.2, 0) is 14.3 Å². The molecule has 0 aliphatic carbocycles. The Morgan fingerprint density at radius 1 is 0.852 bits per heavy atom. The van der Waals surface area contributed by atoms with Gasteiger partial charge in [0.2, 0.25) is 5.91 Å². The average molecular weight is 372 g/mol. The van der Waals surface area contributed by atoms with Gasteiger partial charge in [0.15, 0.2) is 6.61 Å². The third-order valence-electron chi connectivity index (χ3n) is 3.41. The third kappa shape index (κ3) is 6.03. The summed E-state index contributed by atoms with van der Waals surface area (Å²) in [4.78, 5) is 35.1. The molecule has 0 bridgehead atoms. The van der Waals surface area contributed by atoms with Crippen LogP contribution in [0.5, 0.6) is 11.5 Å². The average Bonchev–Trinajstić information content (AvgIpc) is 2.66. The van der Waals surface area contributed by atoms with Crippen molar-refractivity contribution in [3.63, 3.8) is 0 Å². The molecule has 2 N–H and O–H groups in total. The summed E-state index contributed by atoms with van der Waals surface area (Å²) in [6, 6.07) is 11.1.